The minimum absolute atomic E-state index is 0.573. The smallest absolute Gasteiger partial charge is 0.0645 e. The van der Waals surface area contributed by atoms with Crippen molar-refractivity contribution < 1.29 is 0 Å². The number of nitrogens with zero attached hydrogens (tertiary/aromatic N) is 2. The molecule has 0 unspecified atom stereocenters. The first-order valence-corrected chi connectivity index (χ1v) is 6.33. The third-order valence-electron chi connectivity index (χ3n) is 2.60. The average molecular weight is 236 g/mol. The van der Waals surface area contributed by atoms with Crippen molar-refractivity contribution in [2.45, 2.75) is 46.7 Å². The largest absolute Gasteiger partial charge is 0.314 e. The maximum atomic E-state index is 4.11. The average Bonchev–Trinajstić information content (AvgIpc) is 2.27. The highest BCUT2D eigenvalue weighted by molar-refractivity contribution is 5.19. The van der Waals surface area contributed by atoms with Gasteiger partial charge in [0.15, 0.2) is 0 Å². The monoisotopic (exact) mass is 236 g/mol. The third kappa shape index (κ3) is 5.75. The van der Waals surface area contributed by atoms with Gasteiger partial charge in [-0.05, 0) is 45.0 Å². The highest BCUT2D eigenvalue weighted by Crippen LogP contribution is 2.04. The van der Waals surface area contributed by atoms with E-state index in [1.807, 2.05) is 13.8 Å². The molecule has 0 saturated carbocycles. The molecule has 96 valence electrons. The fourth-order valence-corrected chi connectivity index (χ4v) is 1.61. The molecule has 0 spiro atoms. The molecule has 0 aliphatic heterocycles. The van der Waals surface area contributed by atoms with Gasteiger partial charge in [0.05, 0.1) is 11.4 Å². The van der Waals surface area contributed by atoms with Gasteiger partial charge in [0.2, 0.25) is 0 Å². The zero-order valence-corrected chi connectivity index (χ0v) is 11.4. The van der Waals surface area contributed by atoms with Gasteiger partial charge in [-0.15, -0.1) is 0 Å². The van der Waals surface area contributed by atoms with E-state index in [4.69, 9.17) is 0 Å². The minimum Gasteiger partial charge on any atom is -0.314 e. The first kappa shape index (κ1) is 14.1. The second kappa shape index (κ2) is 7.35. The maximum Gasteiger partial charge on any atom is 0.0645 e. The molecule has 4 heteroatoms. The van der Waals surface area contributed by atoms with Crippen LogP contribution in [-0.4, -0.2) is 29.3 Å². The SMILES string of the molecule is Cc1cc(CNCCCNC(C)C)c(C)nn1. The van der Waals surface area contributed by atoms with E-state index in [0.29, 0.717) is 6.04 Å². The van der Waals surface area contributed by atoms with Crippen molar-refractivity contribution in [3.8, 4) is 0 Å². The summed E-state index contributed by atoms with van der Waals surface area (Å²) >= 11 is 0. The van der Waals surface area contributed by atoms with E-state index in [-0.39, 0.29) is 0 Å². The van der Waals surface area contributed by atoms with Gasteiger partial charge in [-0.25, -0.2) is 0 Å². The van der Waals surface area contributed by atoms with Crippen LogP contribution in [0.5, 0.6) is 0 Å². The topological polar surface area (TPSA) is 49.8 Å². The number of nitrogens with one attached hydrogen (secondary N) is 2. The minimum atomic E-state index is 0.573. The van der Waals surface area contributed by atoms with E-state index in [0.717, 1.165) is 37.4 Å². The van der Waals surface area contributed by atoms with Crippen LogP contribution in [0.15, 0.2) is 6.07 Å². The Morgan fingerprint density at radius 2 is 1.94 bits per heavy atom. The molecule has 0 saturated heterocycles. The van der Waals surface area contributed by atoms with Crippen LogP contribution in [-0.2, 0) is 6.54 Å². The Kier molecular flexibility index (Phi) is 6.08. The number of hydrogen-bond donors (Lipinski definition) is 2. The summed E-state index contributed by atoms with van der Waals surface area (Å²) in [6.07, 6.45) is 1.15. The van der Waals surface area contributed by atoms with Crippen LogP contribution in [0.25, 0.3) is 0 Å². The summed E-state index contributed by atoms with van der Waals surface area (Å²) in [7, 11) is 0. The quantitative estimate of drug-likeness (QED) is 0.706. The molecule has 0 aliphatic carbocycles. The Balaban J connectivity index is 2.20. The molecule has 17 heavy (non-hydrogen) atoms. The van der Waals surface area contributed by atoms with E-state index < -0.39 is 0 Å². The molecule has 0 radical (unpaired) electrons. The fraction of sp³-hybridized carbons (Fsp3) is 0.692. The van der Waals surface area contributed by atoms with Crippen LogP contribution in [0.4, 0.5) is 0 Å². The Bertz CT molecular complexity index is 336. The van der Waals surface area contributed by atoms with Crippen molar-refractivity contribution in [2.75, 3.05) is 13.1 Å². The van der Waals surface area contributed by atoms with Gasteiger partial charge >= 0.3 is 0 Å². The van der Waals surface area contributed by atoms with Gasteiger partial charge in [-0.1, -0.05) is 13.8 Å². The second-order valence-electron chi connectivity index (χ2n) is 4.74. The van der Waals surface area contributed by atoms with Crippen molar-refractivity contribution >= 4 is 0 Å². The first-order valence-electron chi connectivity index (χ1n) is 6.33. The molecule has 1 rings (SSSR count). The lowest BCUT2D eigenvalue weighted by Gasteiger charge is -2.09. The summed E-state index contributed by atoms with van der Waals surface area (Å²) in [4.78, 5) is 0. The van der Waals surface area contributed by atoms with Gasteiger partial charge in [-0.2, -0.15) is 10.2 Å². The highest BCUT2D eigenvalue weighted by Gasteiger charge is 2.00. The summed E-state index contributed by atoms with van der Waals surface area (Å²) in [5, 5.41) is 15.0. The number of rotatable bonds is 7. The molecule has 1 heterocycles. The van der Waals surface area contributed by atoms with Crippen molar-refractivity contribution in [3.63, 3.8) is 0 Å². The summed E-state index contributed by atoms with van der Waals surface area (Å²) in [6.45, 7) is 11.3. The lowest BCUT2D eigenvalue weighted by Crippen LogP contribution is -2.26. The van der Waals surface area contributed by atoms with Crippen LogP contribution < -0.4 is 10.6 Å². The molecule has 0 aliphatic rings. The standard InChI is InChI=1S/C13H24N4/c1-10(2)15-7-5-6-14-9-13-8-11(3)16-17-12(13)4/h8,10,14-15H,5-7,9H2,1-4H3. The maximum absolute atomic E-state index is 4.11. The molecule has 0 amide bonds. The predicted octanol–water partition coefficient (Wildman–Crippen LogP) is 1.57. The van der Waals surface area contributed by atoms with Crippen molar-refractivity contribution in [1.29, 1.82) is 0 Å². The van der Waals surface area contributed by atoms with E-state index >= 15 is 0 Å². The van der Waals surface area contributed by atoms with Crippen LogP contribution >= 0.6 is 0 Å². The molecule has 0 atom stereocenters. The molecular formula is C13H24N4. The molecular weight excluding hydrogens is 212 g/mol. The van der Waals surface area contributed by atoms with Gasteiger partial charge < -0.3 is 10.6 Å². The summed E-state index contributed by atoms with van der Waals surface area (Å²) in [5.74, 6) is 0. The normalized spacial score (nSPS) is 11.1. The van der Waals surface area contributed by atoms with Crippen molar-refractivity contribution in [3.05, 3.63) is 23.0 Å². The van der Waals surface area contributed by atoms with Crippen LogP contribution in [0.3, 0.4) is 0 Å². The fourth-order valence-electron chi connectivity index (χ4n) is 1.61. The first-order chi connectivity index (χ1) is 8.09. The zero-order valence-electron chi connectivity index (χ0n) is 11.4. The van der Waals surface area contributed by atoms with E-state index in [1.54, 1.807) is 0 Å². The van der Waals surface area contributed by atoms with E-state index in [2.05, 4.69) is 40.7 Å². The van der Waals surface area contributed by atoms with Crippen LogP contribution in [0.2, 0.25) is 0 Å². The predicted molar refractivity (Wildman–Crippen MR) is 71.0 cm³/mol. The molecule has 0 aromatic carbocycles. The highest BCUT2D eigenvalue weighted by atomic mass is 15.1. The van der Waals surface area contributed by atoms with Gasteiger partial charge in [0.1, 0.15) is 0 Å². The van der Waals surface area contributed by atoms with Gasteiger partial charge in [0.25, 0.3) is 0 Å². The Morgan fingerprint density at radius 3 is 2.65 bits per heavy atom. The molecule has 4 nitrogen and oxygen atoms in total. The summed E-state index contributed by atoms with van der Waals surface area (Å²) in [5.41, 5.74) is 3.24. The van der Waals surface area contributed by atoms with Crippen molar-refractivity contribution in [1.82, 2.24) is 20.8 Å². The second-order valence-corrected chi connectivity index (χ2v) is 4.74. The van der Waals surface area contributed by atoms with Gasteiger partial charge in [-0.3, -0.25) is 0 Å². The van der Waals surface area contributed by atoms with Gasteiger partial charge in [0, 0.05) is 12.6 Å². The van der Waals surface area contributed by atoms with Crippen LogP contribution in [0.1, 0.15) is 37.2 Å². The number of hydrogen-bond acceptors (Lipinski definition) is 4. The number of aryl methyl sites for hydroxylation is 2. The van der Waals surface area contributed by atoms with Crippen LogP contribution in [0, 0.1) is 13.8 Å². The van der Waals surface area contributed by atoms with E-state index in [9.17, 15) is 0 Å². The molecule has 2 N–H and O–H groups in total. The number of aromatic nitrogens is 2. The lowest BCUT2D eigenvalue weighted by atomic mass is 10.2. The Labute approximate surface area is 104 Å². The molecule has 1 aromatic rings. The molecule has 0 fully saturated rings. The third-order valence-corrected chi connectivity index (χ3v) is 2.60. The van der Waals surface area contributed by atoms with Crippen molar-refractivity contribution in [2.24, 2.45) is 0 Å². The van der Waals surface area contributed by atoms with E-state index in [1.165, 1.54) is 5.56 Å². The summed E-state index contributed by atoms with van der Waals surface area (Å²) in [6, 6.07) is 2.67. The molecule has 0 bridgehead atoms. The Morgan fingerprint density at radius 1 is 1.18 bits per heavy atom. The lowest BCUT2D eigenvalue weighted by molar-refractivity contribution is 0.546. The summed E-state index contributed by atoms with van der Waals surface area (Å²) < 4.78 is 0. The molecule has 1 aromatic heterocycles. The zero-order chi connectivity index (χ0) is 12.7. The Hall–Kier alpha value is -1.00.